The summed E-state index contributed by atoms with van der Waals surface area (Å²) in [7, 11) is 0. The molecule has 0 aliphatic rings. The van der Waals surface area contributed by atoms with Crippen LogP contribution in [0.3, 0.4) is 0 Å². The van der Waals surface area contributed by atoms with Gasteiger partial charge in [-0.25, -0.2) is 0 Å². The molecule has 2 heteroatoms. The van der Waals surface area contributed by atoms with Crippen LogP contribution in [-0.2, 0) is 6.42 Å². The number of rotatable bonds is 5. The van der Waals surface area contributed by atoms with E-state index < -0.39 is 0 Å². The monoisotopic (exact) mass is 224 g/mol. The molecule has 0 heterocycles. The van der Waals surface area contributed by atoms with Crippen LogP contribution < -0.4 is 5.43 Å². The first-order valence-corrected chi connectivity index (χ1v) is 5.80. The zero-order valence-corrected chi connectivity index (χ0v) is 9.71. The smallest absolute Gasteiger partial charge is 0.0540 e. The first-order valence-electron chi connectivity index (χ1n) is 5.80. The van der Waals surface area contributed by atoms with Crippen LogP contribution in [0.5, 0.6) is 0 Å². The molecular formula is C15H16N2. The topological polar surface area (TPSA) is 24.4 Å². The van der Waals surface area contributed by atoms with Crippen LogP contribution in [-0.4, -0.2) is 12.8 Å². The van der Waals surface area contributed by atoms with E-state index in [-0.39, 0.29) is 0 Å². The van der Waals surface area contributed by atoms with E-state index in [2.05, 4.69) is 34.8 Å². The lowest BCUT2D eigenvalue weighted by atomic mass is 10.2. The van der Waals surface area contributed by atoms with Crippen LogP contribution in [0.25, 0.3) is 0 Å². The minimum absolute atomic E-state index is 0.855. The third kappa shape index (κ3) is 4.11. The second-order valence-corrected chi connectivity index (χ2v) is 3.81. The molecular weight excluding hydrogens is 208 g/mol. The molecule has 0 spiro atoms. The van der Waals surface area contributed by atoms with Crippen LogP contribution in [0.15, 0.2) is 65.8 Å². The molecule has 0 unspecified atom stereocenters. The highest BCUT2D eigenvalue weighted by molar-refractivity contribution is 5.79. The summed E-state index contributed by atoms with van der Waals surface area (Å²) in [5.41, 5.74) is 5.49. The first kappa shape index (κ1) is 11.4. The van der Waals surface area contributed by atoms with E-state index in [0.29, 0.717) is 0 Å². The van der Waals surface area contributed by atoms with Crippen molar-refractivity contribution in [2.24, 2.45) is 5.10 Å². The molecule has 2 nitrogen and oxygen atoms in total. The highest BCUT2D eigenvalue weighted by Crippen LogP contribution is 1.98. The molecule has 0 aliphatic carbocycles. The molecule has 0 saturated heterocycles. The van der Waals surface area contributed by atoms with Gasteiger partial charge in [-0.3, -0.25) is 0 Å². The average molecular weight is 224 g/mol. The summed E-state index contributed by atoms with van der Waals surface area (Å²) in [4.78, 5) is 0. The van der Waals surface area contributed by atoms with Gasteiger partial charge in [-0.2, -0.15) is 5.10 Å². The molecule has 0 saturated carbocycles. The molecule has 17 heavy (non-hydrogen) atoms. The van der Waals surface area contributed by atoms with Gasteiger partial charge in [0.05, 0.1) is 6.21 Å². The highest BCUT2D eigenvalue weighted by atomic mass is 15.3. The fourth-order valence-electron chi connectivity index (χ4n) is 1.57. The van der Waals surface area contributed by atoms with E-state index in [1.807, 2.05) is 42.6 Å². The van der Waals surface area contributed by atoms with Gasteiger partial charge >= 0.3 is 0 Å². The van der Waals surface area contributed by atoms with Crippen molar-refractivity contribution in [3.05, 3.63) is 71.8 Å². The minimum Gasteiger partial charge on any atom is -0.310 e. The lowest BCUT2D eigenvalue weighted by Gasteiger charge is -2.00. The molecule has 2 aromatic carbocycles. The second kappa shape index (κ2) is 6.48. The Kier molecular flexibility index (Phi) is 4.35. The van der Waals surface area contributed by atoms with Gasteiger partial charge in [0.15, 0.2) is 0 Å². The maximum Gasteiger partial charge on any atom is 0.0540 e. The summed E-state index contributed by atoms with van der Waals surface area (Å²) in [6.07, 6.45) is 2.83. The van der Waals surface area contributed by atoms with Crippen molar-refractivity contribution < 1.29 is 0 Å². The van der Waals surface area contributed by atoms with Gasteiger partial charge in [0.1, 0.15) is 0 Å². The Hall–Kier alpha value is -2.09. The average Bonchev–Trinajstić information content (AvgIpc) is 2.41. The van der Waals surface area contributed by atoms with Crippen molar-refractivity contribution in [1.82, 2.24) is 5.43 Å². The number of benzene rings is 2. The number of nitrogens with one attached hydrogen (secondary N) is 1. The SMILES string of the molecule is C(=N\NCCc1ccccc1)/c1ccccc1. The summed E-state index contributed by atoms with van der Waals surface area (Å²) < 4.78 is 0. The zero-order valence-electron chi connectivity index (χ0n) is 9.71. The summed E-state index contributed by atoms with van der Waals surface area (Å²) in [6.45, 7) is 0.855. The fourth-order valence-corrected chi connectivity index (χ4v) is 1.57. The predicted octanol–water partition coefficient (Wildman–Crippen LogP) is 2.85. The molecule has 0 aliphatic heterocycles. The molecule has 2 rings (SSSR count). The Morgan fingerprint density at radius 1 is 0.882 bits per heavy atom. The van der Waals surface area contributed by atoms with Crippen molar-refractivity contribution in [2.45, 2.75) is 6.42 Å². The minimum atomic E-state index is 0.855. The number of hydrazone groups is 1. The zero-order chi connectivity index (χ0) is 11.8. The van der Waals surface area contributed by atoms with Crippen LogP contribution in [0.2, 0.25) is 0 Å². The van der Waals surface area contributed by atoms with E-state index in [1.54, 1.807) is 0 Å². The van der Waals surface area contributed by atoms with Gasteiger partial charge in [0.25, 0.3) is 0 Å². The molecule has 86 valence electrons. The van der Waals surface area contributed by atoms with Gasteiger partial charge in [-0.15, -0.1) is 0 Å². The number of hydrogen-bond acceptors (Lipinski definition) is 2. The highest BCUT2D eigenvalue weighted by Gasteiger charge is 1.89. The van der Waals surface area contributed by atoms with E-state index in [9.17, 15) is 0 Å². The van der Waals surface area contributed by atoms with Gasteiger partial charge in [-0.1, -0.05) is 60.7 Å². The largest absolute Gasteiger partial charge is 0.310 e. The van der Waals surface area contributed by atoms with Crippen molar-refractivity contribution in [3.63, 3.8) is 0 Å². The van der Waals surface area contributed by atoms with E-state index in [4.69, 9.17) is 0 Å². The maximum atomic E-state index is 4.18. The molecule has 0 radical (unpaired) electrons. The molecule has 1 N–H and O–H groups in total. The number of nitrogens with zero attached hydrogens (tertiary/aromatic N) is 1. The van der Waals surface area contributed by atoms with E-state index in [0.717, 1.165) is 18.5 Å². The molecule has 2 aromatic rings. The van der Waals surface area contributed by atoms with Crippen LogP contribution in [0, 0.1) is 0 Å². The quantitative estimate of drug-likeness (QED) is 0.471. The standard InChI is InChI=1S/C15H16N2/c1-3-7-14(8-4-1)11-12-16-17-13-15-9-5-2-6-10-15/h1-10,13,16H,11-12H2/b17-13+. The fraction of sp³-hybridized carbons (Fsp3) is 0.133. The van der Waals surface area contributed by atoms with Gasteiger partial charge in [0, 0.05) is 6.54 Å². The van der Waals surface area contributed by atoms with Crippen LogP contribution in [0.1, 0.15) is 11.1 Å². The van der Waals surface area contributed by atoms with Crippen molar-refractivity contribution >= 4 is 6.21 Å². The lowest BCUT2D eigenvalue weighted by Crippen LogP contribution is -2.10. The first-order chi connectivity index (χ1) is 8.45. The van der Waals surface area contributed by atoms with Crippen molar-refractivity contribution in [1.29, 1.82) is 0 Å². The molecule has 0 fully saturated rings. The number of hydrogen-bond donors (Lipinski definition) is 1. The normalized spacial score (nSPS) is 10.6. The van der Waals surface area contributed by atoms with E-state index >= 15 is 0 Å². The van der Waals surface area contributed by atoms with Crippen LogP contribution in [0.4, 0.5) is 0 Å². The second-order valence-electron chi connectivity index (χ2n) is 3.81. The molecule has 0 amide bonds. The Bertz CT molecular complexity index is 449. The Morgan fingerprint density at radius 3 is 2.24 bits per heavy atom. The van der Waals surface area contributed by atoms with E-state index in [1.165, 1.54) is 5.56 Å². The lowest BCUT2D eigenvalue weighted by molar-refractivity contribution is 0.734. The van der Waals surface area contributed by atoms with Gasteiger partial charge < -0.3 is 5.43 Å². The predicted molar refractivity (Wildman–Crippen MR) is 72.2 cm³/mol. The van der Waals surface area contributed by atoms with Crippen molar-refractivity contribution in [2.75, 3.05) is 6.54 Å². The maximum absolute atomic E-state index is 4.18. The Labute approximate surface area is 102 Å². The Balaban J connectivity index is 1.72. The van der Waals surface area contributed by atoms with Crippen molar-refractivity contribution in [3.8, 4) is 0 Å². The Morgan fingerprint density at radius 2 is 1.53 bits per heavy atom. The third-order valence-corrected chi connectivity index (χ3v) is 2.47. The summed E-state index contributed by atoms with van der Waals surface area (Å²) in [6, 6.07) is 20.5. The summed E-state index contributed by atoms with van der Waals surface area (Å²) >= 11 is 0. The molecule has 0 atom stereocenters. The molecule has 0 bridgehead atoms. The third-order valence-electron chi connectivity index (χ3n) is 2.47. The summed E-state index contributed by atoms with van der Waals surface area (Å²) in [5.74, 6) is 0. The van der Waals surface area contributed by atoms with Crippen LogP contribution >= 0.6 is 0 Å². The molecule has 0 aromatic heterocycles. The van der Waals surface area contributed by atoms with Gasteiger partial charge in [-0.05, 0) is 17.5 Å². The van der Waals surface area contributed by atoms with Gasteiger partial charge in [0.2, 0.25) is 0 Å². The summed E-state index contributed by atoms with van der Waals surface area (Å²) in [5, 5.41) is 4.18.